The largest absolute Gasteiger partial charge is 0.392 e. The lowest BCUT2D eigenvalue weighted by molar-refractivity contribution is 0.0882. The smallest absolute Gasteiger partial charge is 0.0624 e. The van der Waals surface area contributed by atoms with Crippen LogP contribution in [0.4, 0.5) is 0 Å². The molecule has 3 nitrogen and oxygen atoms in total. The van der Waals surface area contributed by atoms with Crippen molar-refractivity contribution in [3.8, 4) is 0 Å². The molecule has 0 aliphatic carbocycles. The second-order valence-electron chi connectivity index (χ2n) is 4.33. The van der Waals surface area contributed by atoms with Gasteiger partial charge in [-0.15, -0.1) is 0 Å². The summed E-state index contributed by atoms with van der Waals surface area (Å²) in [7, 11) is 0. The number of rotatable bonds is 3. The molecule has 2 N–H and O–H groups in total. The standard InChI is InChI=1S/C12H17BrN2O/c13-10-1-2-11(15-8-10)7-12(16)9-3-5-14-6-4-9/h1-2,8-9,12,14,16H,3-7H2. The first kappa shape index (κ1) is 12.0. The van der Waals surface area contributed by atoms with Gasteiger partial charge in [-0.25, -0.2) is 0 Å². The molecule has 1 aliphatic heterocycles. The van der Waals surface area contributed by atoms with Crippen LogP contribution < -0.4 is 5.32 Å². The number of halogens is 1. The Kier molecular flexibility index (Phi) is 4.32. The summed E-state index contributed by atoms with van der Waals surface area (Å²) < 4.78 is 0.979. The number of piperidine rings is 1. The highest BCUT2D eigenvalue weighted by Crippen LogP contribution is 2.19. The number of aromatic nitrogens is 1. The zero-order valence-corrected chi connectivity index (χ0v) is 10.8. The quantitative estimate of drug-likeness (QED) is 0.889. The molecule has 1 saturated heterocycles. The van der Waals surface area contributed by atoms with Gasteiger partial charge in [0.2, 0.25) is 0 Å². The van der Waals surface area contributed by atoms with E-state index in [0.717, 1.165) is 36.1 Å². The predicted octanol–water partition coefficient (Wildman–Crippen LogP) is 1.75. The van der Waals surface area contributed by atoms with Gasteiger partial charge in [-0.1, -0.05) is 0 Å². The Morgan fingerprint density at radius 3 is 2.81 bits per heavy atom. The molecule has 0 bridgehead atoms. The van der Waals surface area contributed by atoms with Crippen molar-refractivity contribution in [1.29, 1.82) is 0 Å². The van der Waals surface area contributed by atoms with E-state index in [1.165, 1.54) is 0 Å². The van der Waals surface area contributed by atoms with Crippen LogP contribution in [0.1, 0.15) is 18.5 Å². The number of nitrogens with zero attached hydrogens (tertiary/aromatic N) is 1. The molecule has 0 amide bonds. The monoisotopic (exact) mass is 284 g/mol. The van der Waals surface area contributed by atoms with Crippen molar-refractivity contribution >= 4 is 15.9 Å². The van der Waals surface area contributed by atoms with Crippen LogP contribution in [0.5, 0.6) is 0 Å². The van der Waals surface area contributed by atoms with Crippen molar-refractivity contribution in [1.82, 2.24) is 10.3 Å². The molecule has 4 heteroatoms. The lowest BCUT2D eigenvalue weighted by atomic mass is 9.90. The van der Waals surface area contributed by atoms with Crippen LogP contribution in [0.2, 0.25) is 0 Å². The Morgan fingerprint density at radius 2 is 2.19 bits per heavy atom. The van der Waals surface area contributed by atoms with Crippen molar-refractivity contribution in [3.05, 3.63) is 28.5 Å². The fourth-order valence-electron chi connectivity index (χ4n) is 2.14. The topological polar surface area (TPSA) is 45.2 Å². The van der Waals surface area contributed by atoms with Crippen LogP contribution in [0.25, 0.3) is 0 Å². The van der Waals surface area contributed by atoms with Gasteiger partial charge in [0, 0.05) is 22.8 Å². The van der Waals surface area contributed by atoms with Crippen LogP contribution in [0.15, 0.2) is 22.8 Å². The normalized spacial score (nSPS) is 19.6. The molecule has 2 rings (SSSR count). The highest BCUT2D eigenvalue weighted by Gasteiger charge is 2.21. The summed E-state index contributed by atoms with van der Waals surface area (Å²) >= 11 is 3.36. The maximum Gasteiger partial charge on any atom is 0.0624 e. The highest BCUT2D eigenvalue weighted by molar-refractivity contribution is 9.10. The summed E-state index contributed by atoms with van der Waals surface area (Å²) in [5, 5.41) is 13.4. The second-order valence-corrected chi connectivity index (χ2v) is 5.24. The molecule has 1 aliphatic rings. The molecule has 0 saturated carbocycles. The second kappa shape index (κ2) is 5.75. The van der Waals surface area contributed by atoms with Crippen LogP contribution in [-0.2, 0) is 6.42 Å². The molecule has 1 aromatic heterocycles. The zero-order chi connectivity index (χ0) is 11.4. The fourth-order valence-corrected chi connectivity index (χ4v) is 2.37. The van der Waals surface area contributed by atoms with Crippen molar-refractivity contribution in [2.75, 3.05) is 13.1 Å². The van der Waals surface area contributed by atoms with E-state index in [0.29, 0.717) is 12.3 Å². The molecule has 1 atom stereocenters. The van der Waals surface area contributed by atoms with Crippen LogP contribution in [-0.4, -0.2) is 29.3 Å². The fraction of sp³-hybridized carbons (Fsp3) is 0.583. The van der Waals surface area contributed by atoms with Gasteiger partial charge in [0.1, 0.15) is 0 Å². The lowest BCUT2D eigenvalue weighted by Crippen LogP contribution is -2.35. The molecule has 16 heavy (non-hydrogen) atoms. The first-order valence-electron chi connectivity index (χ1n) is 5.75. The summed E-state index contributed by atoms with van der Waals surface area (Å²) in [5.74, 6) is 0.423. The minimum atomic E-state index is -0.254. The van der Waals surface area contributed by atoms with Gasteiger partial charge in [0.05, 0.1) is 6.10 Å². The molecule has 0 spiro atoms. The third kappa shape index (κ3) is 3.27. The van der Waals surface area contributed by atoms with Crippen molar-refractivity contribution in [3.63, 3.8) is 0 Å². The van der Waals surface area contributed by atoms with Gasteiger partial charge in [0.25, 0.3) is 0 Å². The van der Waals surface area contributed by atoms with Gasteiger partial charge in [-0.2, -0.15) is 0 Å². The number of aliphatic hydroxyl groups excluding tert-OH is 1. The number of hydrogen-bond acceptors (Lipinski definition) is 3. The number of pyridine rings is 1. The average molecular weight is 285 g/mol. The number of aliphatic hydroxyl groups is 1. The van der Waals surface area contributed by atoms with Crippen LogP contribution >= 0.6 is 15.9 Å². The van der Waals surface area contributed by atoms with Crippen molar-refractivity contribution in [2.24, 2.45) is 5.92 Å². The minimum absolute atomic E-state index is 0.254. The minimum Gasteiger partial charge on any atom is -0.392 e. The van der Waals surface area contributed by atoms with E-state index >= 15 is 0 Å². The molecule has 1 fully saturated rings. The third-order valence-electron chi connectivity index (χ3n) is 3.13. The van der Waals surface area contributed by atoms with E-state index in [2.05, 4.69) is 26.2 Å². The maximum absolute atomic E-state index is 10.1. The molecular weight excluding hydrogens is 268 g/mol. The molecule has 2 heterocycles. The number of nitrogens with one attached hydrogen (secondary N) is 1. The average Bonchev–Trinajstić information content (AvgIpc) is 2.33. The summed E-state index contributed by atoms with van der Waals surface area (Å²) in [6, 6.07) is 3.94. The van der Waals surface area contributed by atoms with E-state index in [1.807, 2.05) is 12.1 Å². The first-order chi connectivity index (χ1) is 7.75. The lowest BCUT2D eigenvalue weighted by Gasteiger charge is -2.27. The zero-order valence-electron chi connectivity index (χ0n) is 9.19. The van der Waals surface area contributed by atoms with Crippen LogP contribution in [0, 0.1) is 5.92 Å². The first-order valence-corrected chi connectivity index (χ1v) is 6.54. The molecule has 1 aromatic rings. The third-order valence-corrected chi connectivity index (χ3v) is 3.60. The summed E-state index contributed by atoms with van der Waals surface area (Å²) in [4.78, 5) is 4.29. The summed E-state index contributed by atoms with van der Waals surface area (Å²) in [6.45, 7) is 2.05. The predicted molar refractivity (Wildman–Crippen MR) is 67.2 cm³/mol. The van der Waals surface area contributed by atoms with E-state index in [4.69, 9.17) is 0 Å². The molecule has 1 unspecified atom stereocenters. The van der Waals surface area contributed by atoms with Gasteiger partial charge < -0.3 is 10.4 Å². The van der Waals surface area contributed by atoms with Gasteiger partial charge in [-0.05, 0) is 59.9 Å². The Labute approximate surface area is 104 Å². The van der Waals surface area contributed by atoms with E-state index in [-0.39, 0.29) is 6.10 Å². The van der Waals surface area contributed by atoms with E-state index in [1.54, 1.807) is 6.20 Å². The Hall–Kier alpha value is -0.450. The van der Waals surface area contributed by atoms with Crippen molar-refractivity contribution in [2.45, 2.75) is 25.4 Å². The summed E-state index contributed by atoms with van der Waals surface area (Å²) in [5.41, 5.74) is 0.967. The SMILES string of the molecule is OC(Cc1ccc(Br)cn1)C1CCNCC1. The Bertz CT molecular complexity index is 322. The molecule has 0 aromatic carbocycles. The van der Waals surface area contributed by atoms with Gasteiger partial charge >= 0.3 is 0 Å². The summed E-state index contributed by atoms with van der Waals surface area (Å²) in [6.07, 6.45) is 4.33. The Balaban J connectivity index is 1.90. The van der Waals surface area contributed by atoms with Crippen LogP contribution in [0.3, 0.4) is 0 Å². The molecular formula is C12H17BrN2O. The van der Waals surface area contributed by atoms with Gasteiger partial charge in [0.15, 0.2) is 0 Å². The van der Waals surface area contributed by atoms with E-state index < -0.39 is 0 Å². The molecule has 88 valence electrons. The maximum atomic E-state index is 10.1. The molecule has 0 radical (unpaired) electrons. The number of hydrogen-bond donors (Lipinski definition) is 2. The highest BCUT2D eigenvalue weighted by atomic mass is 79.9. The van der Waals surface area contributed by atoms with Crippen molar-refractivity contribution < 1.29 is 5.11 Å². The Morgan fingerprint density at radius 1 is 1.44 bits per heavy atom. The van der Waals surface area contributed by atoms with E-state index in [9.17, 15) is 5.11 Å². The van der Waals surface area contributed by atoms with Gasteiger partial charge in [-0.3, -0.25) is 4.98 Å².